The van der Waals surface area contributed by atoms with Crippen molar-refractivity contribution in [1.82, 2.24) is 10.2 Å². The van der Waals surface area contributed by atoms with Gasteiger partial charge in [-0.25, -0.2) is 0 Å². The van der Waals surface area contributed by atoms with Gasteiger partial charge in [-0.2, -0.15) is 5.10 Å². The summed E-state index contributed by atoms with van der Waals surface area (Å²) in [4.78, 5) is 23.6. The molecular weight excluding hydrogens is 308 g/mol. The SMILES string of the molecule is CC(=O)Nc1ccc(NC(=O)c2c(-c3ccco3)n[nH]c2C)cc1. The fourth-order valence-electron chi connectivity index (χ4n) is 2.33. The average molecular weight is 324 g/mol. The van der Waals surface area contributed by atoms with Crippen molar-refractivity contribution >= 4 is 23.2 Å². The Hall–Kier alpha value is -3.35. The molecule has 0 aliphatic rings. The summed E-state index contributed by atoms with van der Waals surface area (Å²) in [5.41, 5.74) is 2.81. The molecule has 0 unspecified atom stereocenters. The Morgan fingerprint density at radius 1 is 1.08 bits per heavy atom. The number of hydrogen-bond acceptors (Lipinski definition) is 4. The third kappa shape index (κ3) is 3.19. The van der Waals surface area contributed by atoms with Crippen molar-refractivity contribution in [1.29, 1.82) is 0 Å². The van der Waals surface area contributed by atoms with E-state index in [0.29, 0.717) is 34.1 Å². The molecule has 0 atom stereocenters. The minimum Gasteiger partial charge on any atom is -0.463 e. The normalized spacial score (nSPS) is 10.4. The van der Waals surface area contributed by atoms with Gasteiger partial charge >= 0.3 is 0 Å². The van der Waals surface area contributed by atoms with Gasteiger partial charge in [-0.3, -0.25) is 14.7 Å². The molecule has 0 fully saturated rings. The zero-order valence-corrected chi connectivity index (χ0v) is 13.2. The summed E-state index contributed by atoms with van der Waals surface area (Å²) in [6.07, 6.45) is 1.53. The van der Waals surface area contributed by atoms with E-state index >= 15 is 0 Å². The molecule has 0 radical (unpaired) electrons. The quantitative estimate of drug-likeness (QED) is 0.686. The van der Waals surface area contributed by atoms with E-state index in [9.17, 15) is 9.59 Å². The number of nitrogens with one attached hydrogen (secondary N) is 3. The molecule has 3 N–H and O–H groups in total. The Balaban J connectivity index is 1.81. The van der Waals surface area contributed by atoms with Crippen LogP contribution >= 0.6 is 0 Å². The highest BCUT2D eigenvalue weighted by Gasteiger charge is 2.21. The van der Waals surface area contributed by atoms with Gasteiger partial charge in [-0.15, -0.1) is 0 Å². The second kappa shape index (κ2) is 6.41. The molecule has 0 saturated heterocycles. The Kier molecular flexibility index (Phi) is 4.15. The van der Waals surface area contributed by atoms with Crippen molar-refractivity contribution in [3.8, 4) is 11.5 Å². The molecule has 3 aromatic rings. The lowest BCUT2D eigenvalue weighted by Crippen LogP contribution is -2.13. The molecule has 0 saturated carbocycles. The van der Waals surface area contributed by atoms with E-state index in [0.717, 1.165) is 0 Å². The maximum Gasteiger partial charge on any atom is 0.259 e. The number of amides is 2. The van der Waals surface area contributed by atoms with Crippen LogP contribution in [0.5, 0.6) is 0 Å². The van der Waals surface area contributed by atoms with Crippen LogP contribution in [-0.2, 0) is 4.79 Å². The molecule has 2 amide bonds. The van der Waals surface area contributed by atoms with E-state index in [1.165, 1.54) is 13.2 Å². The number of H-pyrrole nitrogens is 1. The molecular formula is C17H16N4O3. The van der Waals surface area contributed by atoms with Gasteiger partial charge in [-0.1, -0.05) is 0 Å². The lowest BCUT2D eigenvalue weighted by atomic mass is 10.1. The minimum atomic E-state index is -0.292. The molecule has 3 rings (SSSR count). The van der Waals surface area contributed by atoms with E-state index in [1.54, 1.807) is 43.3 Å². The maximum atomic E-state index is 12.6. The van der Waals surface area contributed by atoms with Gasteiger partial charge in [0.1, 0.15) is 5.69 Å². The summed E-state index contributed by atoms with van der Waals surface area (Å²) in [6.45, 7) is 3.21. The Bertz CT molecular complexity index is 864. The molecule has 7 heteroatoms. The third-order valence-corrected chi connectivity index (χ3v) is 3.39. The van der Waals surface area contributed by atoms with Gasteiger partial charge in [-0.05, 0) is 43.3 Å². The first-order valence-corrected chi connectivity index (χ1v) is 7.32. The van der Waals surface area contributed by atoms with Crippen LogP contribution < -0.4 is 10.6 Å². The monoisotopic (exact) mass is 324 g/mol. The van der Waals surface area contributed by atoms with Crippen molar-refractivity contribution in [3.05, 3.63) is 53.9 Å². The van der Waals surface area contributed by atoms with Crippen LogP contribution in [0, 0.1) is 6.92 Å². The van der Waals surface area contributed by atoms with Crippen molar-refractivity contribution in [3.63, 3.8) is 0 Å². The van der Waals surface area contributed by atoms with Crippen LogP contribution in [0.15, 0.2) is 47.1 Å². The first-order valence-electron chi connectivity index (χ1n) is 7.32. The number of aromatic nitrogens is 2. The number of furan rings is 1. The number of benzene rings is 1. The second-order valence-electron chi connectivity index (χ2n) is 5.26. The van der Waals surface area contributed by atoms with E-state index in [1.807, 2.05) is 0 Å². The Labute approximate surface area is 138 Å². The molecule has 122 valence electrons. The number of aromatic amines is 1. The van der Waals surface area contributed by atoms with Crippen LogP contribution in [0.1, 0.15) is 23.0 Å². The fraction of sp³-hybridized carbons (Fsp3) is 0.118. The van der Waals surface area contributed by atoms with Crippen molar-refractivity contribution in [2.75, 3.05) is 10.6 Å². The molecule has 0 aliphatic heterocycles. The Morgan fingerprint density at radius 3 is 2.33 bits per heavy atom. The highest BCUT2D eigenvalue weighted by atomic mass is 16.3. The van der Waals surface area contributed by atoms with E-state index in [-0.39, 0.29) is 11.8 Å². The van der Waals surface area contributed by atoms with Crippen molar-refractivity contribution in [2.45, 2.75) is 13.8 Å². The zero-order chi connectivity index (χ0) is 17.1. The lowest BCUT2D eigenvalue weighted by molar-refractivity contribution is -0.114. The maximum absolute atomic E-state index is 12.6. The van der Waals surface area contributed by atoms with Gasteiger partial charge in [0.05, 0.1) is 11.8 Å². The molecule has 0 aliphatic carbocycles. The smallest absolute Gasteiger partial charge is 0.259 e. The minimum absolute atomic E-state index is 0.149. The van der Waals surface area contributed by atoms with E-state index in [4.69, 9.17) is 4.42 Å². The molecule has 24 heavy (non-hydrogen) atoms. The molecule has 0 bridgehead atoms. The lowest BCUT2D eigenvalue weighted by Gasteiger charge is -2.07. The predicted molar refractivity (Wildman–Crippen MR) is 89.7 cm³/mol. The topological polar surface area (TPSA) is 100 Å². The van der Waals surface area contributed by atoms with Gasteiger partial charge in [0.15, 0.2) is 5.76 Å². The van der Waals surface area contributed by atoms with Crippen LogP contribution in [0.2, 0.25) is 0 Å². The number of anilines is 2. The predicted octanol–water partition coefficient (Wildman–Crippen LogP) is 3.19. The fourth-order valence-corrected chi connectivity index (χ4v) is 2.33. The highest BCUT2D eigenvalue weighted by molar-refractivity contribution is 6.08. The van der Waals surface area contributed by atoms with E-state index in [2.05, 4.69) is 20.8 Å². The number of aryl methyl sites for hydroxylation is 1. The second-order valence-corrected chi connectivity index (χ2v) is 5.26. The van der Waals surface area contributed by atoms with E-state index < -0.39 is 0 Å². The van der Waals surface area contributed by atoms with Crippen LogP contribution in [0.4, 0.5) is 11.4 Å². The van der Waals surface area contributed by atoms with Crippen LogP contribution in [-0.4, -0.2) is 22.0 Å². The average Bonchev–Trinajstić information content (AvgIpc) is 3.17. The molecule has 1 aromatic carbocycles. The molecule has 0 spiro atoms. The number of rotatable bonds is 4. The number of nitrogens with zero attached hydrogens (tertiary/aromatic N) is 1. The first-order chi connectivity index (χ1) is 11.5. The summed E-state index contributed by atoms with van der Waals surface area (Å²) in [7, 11) is 0. The molecule has 7 nitrogen and oxygen atoms in total. The van der Waals surface area contributed by atoms with Gasteiger partial charge < -0.3 is 15.1 Å². The van der Waals surface area contributed by atoms with Gasteiger partial charge in [0.25, 0.3) is 5.91 Å². The Morgan fingerprint density at radius 2 is 1.75 bits per heavy atom. The van der Waals surface area contributed by atoms with Gasteiger partial charge in [0.2, 0.25) is 5.91 Å². The number of hydrogen-bond donors (Lipinski definition) is 3. The van der Waals surface area contributed by atoms with Crippen LogP contribution in [0.25, 0.3) is 11.5 Å². The number of carbonyl (C=O) groups is 2. The molecule has 2 heterocycles. The largest absolute Gasteiger partial charge is 0.463 e. The summed E-state index contributed by atoms with van der Waals surface area (Å²) in [6, 6.07) is 10.3. The van der Waals surface area contributed by atoms with Crippen LogP contribution in [0.3, 0.4) is 0 Å². The van der Waals surface area contributed by atoms with Gasteiger partial charge in [0, 0.05) is 24.0 Å². The summed E-state index contributed by atoms with van der Waals surface area (Å²) < 4.78 is 5.32. The summed E-state index contributed by atoms with van der Waals surface area (Å²) in [5.74, 6) is 0.0781. The molecule has 2 aromatic heterocycles. The van der Waals surface area contributed by atoms with Crippen molar-refractivity contribution < 1.29 is 14.0 Å². The summed E-state index contributed by atoms with van der Waals surface area (Å²) in [5, 5.41) is 12.4. The standard InChI is InChI=1S/C17H16N4O3/c1-10-15(16(21-20-10)14-4-3-9-24-14)17(23)19-13-7-5-12(6-8-13)18-11(2)22/h3-9H,1-2H3,(H,18,22)(H,19,23)(H,20,21). The number of carbonyl (C=O) groups excluding carboxylic acids is 2. The third-order valence-electron chi connectivity index (χ3n) is 3.39. The zero-order valence-electron chi connectivity index (χ0n) is 13.2. The highest BCUT2D eigenvalue weighted by Crippen LogP contribution is 2.25. The summed E-state index contributed by atoms with van der Waals surface area (Å²) >= 11 is 0. The van der Waals surface area contributed by atoms with Crippen molar-refractivity contribution in [2.24, 2.45) is 0 Å². The first kappa shape index (κ1) is 15.5.